The average Bonchev–Trinajstić information content (AvgIpc) is 2.25. The zero-order valence-electron chi connectivity index (χ0n) is 8.13. The molecule has 3 N–H and O–H groups in total. The van der Waals surface area contributed by atoms with Gasteiger partial charge in [-0.3, -0.25) is 4.79 Å². The predicted octanol–water partition coefficient (Wildman–Crippen LogP) is 2.53. The fraction of sp³-hybridized carbons (Fsp3) is 0. The van der Waals surface area contributed by atoms with Crippen molar-refractivity contribution in [1.29, 1.82) is 0 Å². The maximum atomic E-state index is 12.7. The Labute approximate surface area is 99.2 Å². The summed E-state index contributed by atoms with van der Waals surface area (Å²) in [5, 5.41) is 0. The summed E-state index contributed by atoms with van der Waals surface area (Å²) < 4.78 is 13.4. The Morgan fingerprint density at radius 2 is 1.88 bits per heavy atom. The van der Waals surface area contributed by atoms with E-state index in [1.165, 1.54) is 18.2 Å². The minimum Gasteiger partial charge on any atom is -0.394 e. The lowest BCUT2D eigenvalue weighted by atomic mass is 10.1. The minimum absolute atomic E-state index is 0.137. The third-order valence-corrected chi connectivity index (χ3v) is 2.78. The summed E-state index contributed by atoms with van der Waals surface area (Å²) in [4.78, 5) is 14.0. The molecule has 1 heterocycles. The highest BCUT2D eigenvalue weighted by atomic mass is 79.9. The van der Waals surface area contributed by atoms with E-state index >= 15 is 0 Å². The fourth-order valence-electron chi connectivity index (χ4n) is 1.35. The predicted molar refractivity (Wildman–Crippen MR) is 64.6 cm³/mol. The number of anilines is 1. The lowest BCUT2D eigenvalue weighted by Gasteiger charge is -2.05. The van der Waals surface area contributed by atoms with E-state index in [4.69, 9.17) is 5.73 Å². The summed E-state index contributed by atoms with van der Waals surface area (Å²) in [6.07, 6.45) is 0. The summed E-state index contributed by atoms with van der Waals surface area (Å²) in [6, 6.07) is 7.35. The molecule has 0 saturated heterocycles. The molecule has 1 aromatic carbocycles. The molecule has 0 fully saturated rings. The van der Waals surface area contributed by atoms with Crippen LogP contribution in [0.2, 0.25) is 0 Å². The number of nitrogens with two attached hydrogens (primary N) is 1. The fourth-order valence-corrected chi connectivity index (χ4v) is 1.92. The Bertz CT molecular complexity index is 578. The number of halogens is 2. The number of nitrogen functional groups attached to an aromatic ring is 1. The first-order valence-electron chi connectivity index (χ1n) is 4.52. The third kappa shape index (κ3) is 1.99. The van der Waals surface area contributed by atoms with E-state index in [2.05, 4.69) is 20.9 Å². The van der Waals surface area contributed by atoms with Gasteiger partial charge in [-0.25, -0.2) is 4.39 Å². The highest BCUT2D eigenvalue weighted by Gasteiger charge is 2.06. The molecular formula is C11H8BrFN2O. The number of rotatable bonds is 1. The number of H-pyrrole nitrogens is 1. The molecule has 16 heavy (non-hydrogen) atoms. The van der Waals surface area contributed by atoms with Gasteiger partial charge in [0.1, 0.15) is 5.82 Å². The van der Waals surface area contributed by atoms with E-state index in [-0.39, 0.29) is 17.1 Å². The van der Waals surface area contributed by atoms with Gasteiger partial charge in [0.25, 0.3) is 5.56 Å². The van der Waals surface area contributed by atoms with Gasteiger partial charge in [0.2, 0.25) is 0 Å². The molecule has 82 valence electrons. The number of aromatic amines is 1. The van der Waals surface area contributed by atoms with Crippen LogP contribution in [0.3, 0.4) is 0 Å². The summed E-state index contributed by atoms with van der Waals surface area (Å²) in [7, 11) is 0. The molecule has 0 radical (unpaired) electrons. The van der Waals surface area contributed by atoms with E-state index in [0.29, 0.717) is 15.7 Å². The molecule has 0 amide bonds. The first-order valence-corrected chi connectivity index (χ1v) is 5.31. The largest absolute Gasteiger partial charge is 0.394 e. The first-order chi connectivity index (χ1) is 7.58. The van der Waals surface area contributed by atoms with Crippen LogP contribution in [-0.2, 0) is 0 Å². The van der Waals surface area contributed by atoms with E-state index in [1.54, 1.807) is 12.1 Å². The SMILES string of the molecule is Nc1cc(Br)c(-c2ccc(F)cc2)[nH]c1=O. The number of benzene rings is 1. The molecule has 1 aromatic heterocycles. The molecule has 3 nitrogen and oxygen atoms in total. The Morgan fingerprint density at radius 3 is 2.50 bits per heavy atom. The molecule has 5 heteroatoms. The molecule has 2 rings (SSSR count). The second-order valence-corrected chi connectivity index (χ2v) is 4.14. The van der Waals surface area contributed by atoms with Gasteiger partial charge < -0.3 is 10.7 Å². The highest BCUT2D eigenvalue weighted by molar-refractivity contribution is 9.10. The van der Waals surface area contributed by atoms with E-state index in [9.17, 15) is 9.18 Å². The van der Waals surface area contributed by atoms with Crippen LogP contribution in [0.4, 0.5) is 10.1 Å². The number of nitrogens with one attached hydrogen (secondary N) is 1. The molecule has 0 aliphatic rings. The average molecular weight is 283 g/mol. The van der Waals surface area contributed by atoms with Crippen molar-refractivity contribution in [2.75, 3.05) is 5.73 Å². The van der Waals surface area contributed by atoms with Crippen LogP contribution in [0.25, 0.3) is 11.3 Å². The molecule has 0 bridgehead atoms. The van der Waals surface area contributed by atoms with Crippen LogP contribution in [0.5, 0.6) is 0 Å². The van der Waals surface area contributed by atoms with Gasteiger partial charge in [-0.05, 0) is 51.8 Å². The van der Waals surface area contributed by atoms with Crippen molar-refractivity contribution in [3.05, 3.63) is 51.0 Å². The zero-order chi connectivity index (χ0) is 11.7. The Hall–Kier alpha value is -1.62. The molecule has 0 aliphatic heterocycles. The maximum absolute atomic E-state index is 12.7. The van der Waals surface area contributed by atoms with Crippen LogP contribution >= 0.6 is 15.9 Å². The number of hydrogen-bond donors (Lipinski definition) is 2. The monoisotopic (exact) mass is 282 g/mol. The van der Waals surface area contributed by atoms with Gasteiger partial charge in [-0.15, -0.1) is 0 Å². The van der Waals surface area contributed by atoms with Crippen LogP contribution in [0.1, 0.15) is 0 Å². The van der Waals surface area contributed by atoms with Crippen molar-refractivity contribution in [3.8, 4) is 11.3 Å². The van der Waals surface area contributed by atoms with Crippen LogP contribution in [0.15, 0.2) is 39.6 Å². The molecule has 0 saturated carbocycles. The van der Waals surface area contributed by atoms with Crippen molar-refractivity contribution in [1.82, 2.24) is 4.98 Å². The van der Waals surface area contributed by atoms with Crippen LogP contribution < -0.4 is 11.3 Å². The van der Waals surface area contributed by atoms with E-state index < -0.39 is 0 Å². The highest BCUT2D eigenvalue weighted by Crippen LogP contribution is 2.25. The van der Waals surface area contributed by atoms with Crippen molar-refractivity contribution < 1.29 is 4.39 Å². The van der Waals surface area contributed by atoms with Crippen molar-refractivity contribution in [3.63, 3.8) is 0 Å². The number of aromatic nitrogens is 1. The van der Waals surface area contributed by atoms with Crippen molar-refractivity contribution >= 4 is 21.6 Å². The Morgan fingerprint density at radius 1 is 1.25 bits per heavy atom. The summed E-state index contributed by atoms with van der Waals surface area (Å²) in [5.74, 6) is -0.322. The molecule has 0 spiro atoms. The number of pyridine rings is 1. The molecule has 0 aliphatic carbocycles. The van der Waals surface area contributed by atoms with Gasteiger partial charge in [0.15, 0.2) is 0 Å². The second-order valence-electron chi connectivity index (χ2n) is 3.28. The molecular weight excluding hydrogens is 275 g/mol. The van der Waals surface area contributed by atoms with Crippen LogP contribution in [-0.4, -0.2) is 4.98 Å². The first kappa shape index (κ1) is 10.9. The lowest BCUT2D eigenvalue weighted by molar-refractivity contribution is 0.628. The smallest absolute Gasteiger partial charge is 0.271 e. The third-order valence-electron chi connectivity index (χ3n) is 2.15. The van der Waals surface area contributed by atoms with Crippen LogP contribution in [0, 0.1) is 5.82 Å². The van der Waals surface area contributed by atoms with Crippen molar-refractivity contribution in [2.45, 2.75) is 0 Å². The van der Waals surface area contributed by atoms with Gasteiger partial charge >= 0.3 is 0 Å². The Balaban J connectivity index is 2.60. The van der Waals surface area contributed by atoms with Crippen molar-refractivity contribution in [2.24, 2.45) is 0 Å². The number of hydrogen-bond acceptors (Lipinski definition) is 2. The van der Waals surface area contributed by atoms with Gasteiger partial charge in [0, 0.05) is 4.47 Å². The standard InChI is InChI=1S/C11H8BrFN2O/c12-8-5-9(14)11(16)15-10(8)6-1-3-7(13)4-2-6/h1-5H,14H2,(H,15,16). The minimum atomic E-state index is -0.359. The zero-order valence-corrected chi connectivity index (χ0v) is 9.71. The Kier molecular flexibility index (Phi) is 2.78. The normalized spacial score (nSPS) is 10.4. The summed E-state index contributed by atoms with van der Waals surface area (Å²) in [6.45, 7) is 0. The second kappa shape index (κ2) is 4.09. The molecule has 2 aromatic rings. The van der Waals surface area contributed by atoms with Gasteiger partial charge in [-0.2, -0.15) is 0 Å². The quantitative estimate of drug-likeness (QED) is 0.844. The van der Waals surface area contributed by atoms with E-state index in [0.717, 1.165) is 0 Å². The topological polar surface area (TPSA) is 58.9 Å². The molecule has 0 atom stereocenters. The summed E-state index contributed by atoms with van der Waals surface area (Å²) in [5.41, 5.74) is 6.53. The van der Waals surface area contributed by atoms with Gasteiger partial charge in [-0.1, -0.05) is 0 Å². The maximum Gasteiger partial charge on any atom is 0.271 e. The molecule has 0 unspecified atom stereocenters. The summed E-state index contributed by atoms with van der Waals surface area (Å²) >= 11 is 3.29. The van der Waals surface area contributed by atoms with E-state index in [1.807, 2.05) is 0 Å². The lowest BCUT2D eigenvalue weighted by Crippen LogP contribution is -2.12. The van der Waals surface area contributed by atoms with Gasteiger partial charge in [0.05, 0.1) is 11.4 Å².